The second-order valence-electron chi connectivity index (χ2n) is 5.02. The Morgan fingerprint density at radius 3 is 2.45 bits per heavy atom. The van der Waals surface area contributed by atoms with Crippen molar-refractivity contribution in [2.75, 3.05) is 14.2 Å². The van der Waals surface area contributed by atoms with Crippen LogP contribution in [0.4, 0.5) is 0 Å². The van der Waals surface area contributed by atoms with Gasteiger partial charge < -0.3 is 19.9 Å². The lowest BCUT2D eigenvalue weighted by molar-refractivity contribution is 0.338. The Labute approximate surface area is 130 Å². The Morgan fingerprint density at radius 1 is 1.27 bits per heavy atom. The molecule has 1 aromatic heterocycles. The van der Waals surface area contributed by atoms with Crippen molar-refractivity contribution in [1.29, 1.82) is 0 Å². The second kappa shape index (κ2) is 7.17. The van der Waals surface area contributed by atoms with Crippen molar-refractivity contribution >= 4 is 0 Å². The SMILES string of the molecule is CCn1nccc1C(C)NCc1cc(OC)c(O)c(OC)c1. The van der Waals surface area contributed by atoms with E-state index in [-0.39, 0.29) is 11.8 Å². The van der Waals surface area contributed by atoms with Crippen molar-refractivity contribution in [1.82, 2.24) is 15.1 Å². The first-order chi connectivity index (χ1) is 10.6. The highest BCUT2D eigenvalue weighted by atomic mass is 16.5. The summed E-state index contributed by atoms with van der Waals surface area (Å²) < 4.78 is 12.3. The van der Waals surface area contributed by atoms with Crippen LogP contribution in [0.25, 0.3) is 0 Å². The van der Waals surface area contributed by atoms with Crippen LogP contribution in [0.15, 0.2) is 24.4 Å². The molecule has 0 radical (unpaired) electrons. The maximum Gasteiger partial charge on any atom is 0.200 e. The largest absolute Gasteiger partial charge is 0.502 e. The van der Waals surface area contributed by atoms with E-state index in [9.17, 15) is 5.11 Å². The molecule has 2 N–H and O–H groups in total. The van der Waals surface area contributed by atoms with E-state index in [0.29, 0.717) is 18.0 Å². The molecule has 1 heterocycles. The van der Waals surface area contributed by atoms with E-state index >= 15 is 0 Å². The summed E-state index contributed by atoms with van der Waals surface area (Å²) in [4.78, 5) is 0. The monoisotopic (exact) mass is 305 g/mol. The van der Waals surface area contributed by atoms with Crippen LogP contribution in [-0.2, 0) is 13.1 Å². The zero-order valence-corrected chi connectivity index (χ0v) is 13.5. The van der Waals surface area contributed by atoms with E-state index in [1.807, 2.05) is 16.9 Å². The fourth-order valence-corrected chi connectivity index (χ4v) is 2.40. The summed E-state index contributed by atoms with van der Waals surface area (Å²) >= 11 is 0. The van der Waals surface area contributed by atoms with Crippen molar-refractivity contribution in [2.24, 2.45) is 0 Å². The quantitative estimate of drug-likeness (QED) is 0.822. The van der Waals surface area contributed by atoms with E-state index < -0.39 is 0 Å². The normalized spacial score (nSPS) is 12.2. The average molecular weight is 305 g/mol. The highest BCUT2D eigenvalue weighted by Crippen LogP contribution is 2.37. The first-order valence-electron chi connectivity index (χ1n) is 7.29. The molecule has 2 aromatic rings. The number of ether oxygens (including phenoxy) is 2. The third kappa shape index (κ3) is 3.33. The zero-order chi connectivity index (χ0) is 16.1. The number of nitrogens with zero attached hydrogens (tertiary/aromatic N) is 2. The molecule has 0 saturated carbocycles. The number of nitrogens with one attached hydrogen (secondary N) is 1. The molecule has 1 aromatic carbocycles. The number of phenolic OH excluding ortho intramolecular Hbond substituents is 1. The van der Waals surface area contributed by atoms with E-state index in [1.54, 1.807) is 12.1 Å². The van der Waals surface area contributed by atoms with Gasteiger partial charge in [-0.05, 0) is 37.6 Å². The van der Waals surface area contributed by atoms with Gasteiger partial charge in [0.2, 0.25) is 5.75 Å². The second-order valence-corrected chi connectivity index (χ2v) is 5.02. The molecular formula is C16H23N3O3. The van der Waals surface area contributed by atoms with Crippen LogP contribution in [0.1, 0.15) is 31.1 Å². The van der Waals surface area contributed by atoms with Gasteiger partial charge in [-0.15, -0.1) is 0 Å². The molecule has 0 fully saturated rings. The summed E-state index contributed by atoms with van der Waals surface area (Å²) in [5, 5.41) is 17.7. The minimum Gasteiger partial charge on any atom is -0.502 e. The third-order valence-corrected chi connectivity index (χ3v) is 3.64. The molecule has 1 atom stereocenters. The van der Waals surface area contributed by atoms with Gasteiger partial charge in [0.05, 0.1) is 19.9 Å². The molecule has 0 aliphatic heterocycles. The Kier molecular flexibility index (Phi) is 5.27. The predicted molar refractivity (Wildman–Crippen MR) is 84.4 cm³/mol. The van der Waals surface area contributed by atoms with Gasteiger partial charge >= 0.3 is 0 Å². The Hall–Kier alpha value is -2.21. The van der Waals surface area contributed by atoms with Gasteiger partial charge in [-0.25, -0.2) is 0 Å². The number of hydrogen-bond donors (Lipinski definition) is 2. The lowest BCUT2D eigenvalue weighted by Gasteiger charge is -2.16. The summed E-state index contributed by atoms with van der Waals surface area (Å²) in [6, 6.07) is 5.77. The number of methoxy groups -OCH3 is 2. The average Bonchev–Trinajstić information content (AvgIpc) is 3.02. The topological polar surface area (TPSA) is 68.5 Å². The lowest BCUT2D eigenvalue weighted by atomic mass is 10.1. The van der Waals surface area contributed by atoms with Crippen LogP contribution in [0.3, 0.4) is 0 Å². The highest BCUT2D eigenvalue weighted by Gasteiger charge is 2.13. The molecule has 120 valence electrons. The van der Waals surface area contributed by atoms with Gasteiger partial charge in [0.25, 0.3) is 0 Å². The molecule has 2 rings (SSSR count). The lowest BCUT2D eigenvalue weighted by Crippen LogP contribution is -2.21. The molecule has 1 unspecified atom stereocenters. The Morgan fingerprint density at radius 2 is 1.91 bits per heavy atom. The van der Waals surface area contributed by atoms with E-state index in [0.717, 1.165) is 17.8 Å². The van der Waals surface area contributed by atoms with E-state index in [2.05, 4.69) is 24.3 Å². The molecule has 6 nitrogen and oxygen atoms in total. The van der Waals surface area contributed by atoms with Crippen LogP contribution in [-0.4, -0.2) is 29.1 Å². The summed E-state index contributed by atoms with van der Waals surface area (Å²) in [5.41, 5.74) is 2.11. The van der Waals surface area contributed by atoms with Gasteiger partial charge in [0.1, 0.15) is 0 Å². The number of aromatic nitrogens is 2. The maximum atomic E-state index is 9.93. The maximum absolute atomic E-state index is 9.93. The number of phenols is 1. The number of benzene rings is 1. The Bertz CT molecular complexity index is 600. The van der Waals surface area contributed by atoms with Gasteiger partial charge in [-0.2, -0.15) is 5.10 Å². The molecule has 22 heavy (non-hydrogen) atoms. The van der Waals surface area contributed by atoms with Gasteiger partial charge in [-0.1, -0.05) is 0 Å². The van der Waals surface area contributed by atoms with E-state index in [4.69, 9.17) is 9.47 Å². The number of rotatable bonds is 7. The number of aromatic hydroxyl groups is 1. The van der Waals surface area contributed by atoms with Crippen molar-refractivity contribution in [3.8, 4) is 17.2 Å². The van der Waals surface area contributed by atoms with Gasteiger partial charge in [-0.3, -0.25) is 4.68 Å². The molecule has 0 aliphatic rings. The molecule has 0 amide bonds. The number of aryl methyl sites for hydroxylation is 1. The van der Waals surface area contributed by atoms with Crippen LogP contribution < -0.4 is 14.8 Å². The molecule has 0 spiro atoms. The smallest absolute Gasteiger partial charge is 0.200 e. The molecule has 0 bridgehead atoms. The van der Waals surface area contributed by atoms with Crippen molar-refractivity contribution < 1.29 is 14.6 Å². The molecular weight excluding hydrogens is 282 g/mol. The highest BCUT2D eigenvalue weighted by molar-refractivity contribution is 5.52. The zero-order valence-electron chi connectivity index (χ0n) is 13.5. The molecule has 0 saturated heterocycles. The van der Waals surface area contributed by atoms with Crippen molar-refractivity contribution in [3.63, 3.8) is 0 Å². The fourth-order valence-electron chi connectivity index (χ4n) is 2.40. The van der Waals surface area contributed by atoms with Gasteiger partial charge in [0, 0.05) is 25.3 Å². The van der Waals surface area contributed by atoms with Crippen LogP contribution in [0.2, 0.25) is 0 Å². The standard InChI is InChI=1S/C16H23N3O3/c1-5-19-13(6-7-18-19)11(2)17-10-12-8-14(21-3)16(20)15(9-12)22-4/h6-9,11,17,20H,5,10H2,1-4H3. The minimum atomic E-state index is 0.0193. The number of hydrogen-bond acceptors (Lipinski definition) is 5. The molecule has 0 aliphatic carbocycles. The first-order valence-corrected chi connectivity index (χ1v) is 7.29. The fraction of sp³-hybridized carbons (Fsp3) is 0.438. The predicted octanol–water partition coefficient (Wildman–Crippen LogP) is 2.48. The minimum absolute atomic E-state index is 0.0193. The summed E-state index contributed by atoms with van der Waals surface area (Å²) in [5.74, 6) is 0.829. The molecule has 6 heteroatoms. The Balaban J connectivity index is 2.11. The van der Waals surface area contributed by atoms with Crippen LogP contribution >= 0.6 is 0 Å². The third-order valence-electron chi connectivity index (χ3n) is 3.64. The van der Waals surface area contributed by atoms with Crippen molar-refractivity contribution in [3.05, 3.63) is 35.7 Å². The van der Waals surface area contributed by atoms with Crippen LogP contribution in [0, 0.1) is 0 Å². The van der Waals surface area contributed by atoms with Gasteiger partial charge in [0.15, 0.2) is 11.5 Å². The summed E-state index contributed by atoms with van der Waals surface area (Å²) in [7, 11) is 3.04. The summed E-state index contributed by atoms with van der Waals surface area (Å²) in [6.45, 7) is 5.63. The first kappa shape index (κ1) is 16.2. The van der Waals surface area contributed by atoms with Crippen molar-refractivity contribution in [2.45, 2.75) is 33.0 Å². The summed E-state index contributed by atoms with van der Waals surface area (Å²) in [6.07, 6.45) is 1.81. The van der Waals surface area contributed by atoms with E-state index in [1.165, 1.54) is 14.2 Å². The van der Waals surface area contributed by atoms with Crippen LogP contribution in [0.5, 0.6) is 17.2 Å².